The van der Waals surface area contributed by atoms with Gasteiger partial charge >= 0.3 is 6.03 Å². The van der Waals surface area contributed by atoms with Gasteiger partial charge in [-0.3, -0.25) is 9.69 Å². The lowest BCUT2D eigenvalue weighted by Crippen LogP contribution is -2.56. The first-order valence-corrected chi connectivity index (χ1v) is 6.84. The molecule has 3 amide bonds. The number of carbonyl (C=O) groups is 2. The molecule has 1 saturated heterocycles. The van der Waals surface area contributed by atoms with Gasteiger partial charge in [0.25, 0.3) is 5.91 Å². The second-order valence-electron chi connectivity index (χ2n) is 5.62. The standard InChI is InChI=1S/C13H16N4O3/c1-2-17-12(19)15-10-9-8(6-13(10,17)20)16-5-3-4-7(16)11(18)14-9/h3-5,8-10,20H,2,6H2,1H3,(H,14,18)(H,15,19). The molecule has 0 radical (unpaired) electrons. The first-order valence-electron chi connectivity index (χ1n) is 6.84. The molecule has 0 aromatic carbocycles. The molecule has 4 rings (SSSR count). The molecule has 106 valence electrons. The Morgan fingerprint density at radius 1 is 1.45 bits per heavy atom. The number of fused-ring (bicyclic) bond motifs is 5. The third-order valence-electron chi connectivity index (χ3n) is 4.76. The minimum Gasteiger partial charge on any atom is -0.368 e. The molecule has 20 heavy (non-hydrogen) atoms. The van der Waals surface area contributed by atoms with Crippen molar-refractivity contribution < 1.29 is 14.7 Å². The molecule has 4 atom stereocenters. The molecule has 3 heterocycles. The summed E-state index contributed by atoms with van der Waals surface area (Å²) in [5.41, 5.74) is -0.635. The number of urea groups is 1. The topological polar surface area (TPSA) is 86.6 Å². The van der Waals surface area contributed by atoms with E-state index in [0.29, 0.717) is 18.7 Å². The van der Waals surface area contributed by atoms with Crippen LogP contribution in [0.4, 0.5) is 4.79 Å². The van der Waals surface area contributed by atoms with Gasteiger partial charge in [0.1, 0.15) is 11.7 Å². The maximum atomic E-state index is 12.1. The van der Waals surface area contributed by atoms with Crippen LogP contribution >= 0.6 is 0 Å². The first-order chi connectivity index (χ1) is 9.56. The van der Waals surface area contributed by atoms with E-state index in [-0.39, 0.29) is 24.0 Å². The third-order valence-corrected chi connectivity index (χ3v) is 4.76. The maximum absolute atomic E-state index is 12.1. The fourth-order valence-corrected chi connectivity index (χ4v) is 3.91. The molecule has 3 aliphatic rings. The van der Waals surface area contributed by atoms with Gasteiger partial charge in [-0.15, -0.1) is 0 Å². The van der Waals surface area contributed by atoms with Crippen LogP contribution < -0.4 is 10.6 Å². The molecule has 1 aromatic rings. The van der Waals surface area contributed by atoms with Crippen molar-refractivity contribution in [2.45, 2.75) is 37.2 Å². The lowest BCUT2D eigenvalue weighted by molar-refractivity contribution is -0.0655. The Morgan fingerprint density at radius 3 is 3.00 bits per heavy atom. The number of hydrogen-bond donors (Lipinski definition) is 3. The number of amides is 3. The second kappa shape index (κ2) is 3.54. The summed E-state index contributed by atoms with van der Waals surface area (Å²) in [6.45, 7) is 2.27. The minimum atomic E-state index is -1.24. The van der Waals surface area contributed by atoms with Crippen LogP contribution in [0, 0.1) is 0 Å². The zero-order chi connectivity index (χ0) is 14.1. The predicted molar refractivity (Wildman–Crippen MR) is 69.0 cm³/mol. The molecule has 7 nitrogen and oxygen atoms in total. The van der Waals surface area contributed by atoms with Crippen LogP contribution in [0.25, 0.3) is 0 Å². The average molecular weight is 276 g/mol. The Hall–Kier alpha value is -2.02. The first kappa shape index (κ1) is 11.8. The van der Waals surface area contributed by atoms with Crippen molar-refractivity contribution in [2.24, 2.45) is 0 Å². The molecule has 0 bridgehead atoms. The van der Waals surface area contributed by atoms with E-state index in [1.165, 1.54) is 4.90 Å². The lowest BCUT2D eigenvalue weighted by atomic mass is 10.1. The number of carbonyl (C=O) groups excluding carboxylic acids is 2. The summed E-state index contributed by atoms with van der Waals surface area (Å²) in [7, 11) is 0. The van der Waals surface area contributed by atoms with Crippen molar-refractivity contribution in [3.8, 4) is 0 Å². The molecule has 7 heteroatoms. The largest absolute Gasteiger partial charge is 0.368 e. The van der Waals surface area contributed by atoms with Gasteiger partial charge in [0.05, 0.1) is 12.1 Å². The lowest BCUT2D eigenvalue weighted by Gasteiger charge is -2.31. The van der Waals surface area contributed by atoms with E-state index >= 15 is 0 Å². The Morgan fingerprint density at radius 2 is 2.25 bits per heavy atom. The zero-order valence-corrected chi connectivity index (χ0v) is 11.0. The van der Waals surface area contributed by atoms with Crippen LogP contribution in [0.3, 0.4) is 0 Å². The molecular formula is C13H16N4O3. The number of rotatable bonds is 1. The summed E-state index contributed by atoms with van der Waals surface area (Å²) in [6.07, 6.45) is 2.27. The molecule has 2 aliphatic heterocycles. The van der Waals surface area contributed by atoms with Crippen LogP contribution in [0.1, 0.15) is 29.9 Å². The van der Waals surface area contributed by atoms with Gasteiger partial charge < -0.3 is 20.3 Å². The average Bonchev–Trinajstić information content (AvgIpc) is 3.03. The van der Waals surface area contributed by atoms with Crippen molar-refractivity contribution in [2.75, 3.05) is 6.54 Å². The summed E-state index contributed by atoms with van der Waals surface area (Å²) < 4.78 is 1.90. The third kappa shape index (κ3) is 1.19. The van der Waals surface area contributed by atoms with E-state index in [1.807, 2.05) is 23.8 Å². The summed E-state index contributed by atoms with van der Waals surface area (Å²) in [4.78, 5) is 25.4. The van der Waals surface area contributed by atoms with Crippen molar-refractivity contribution in [3.05, 3.63) is 24.0 Å². The van der Waals surface area contributed by atoms with Crippen molar-refractivity contribution >= 4 is 11.9 Å². The molecule has 1 saturated carbocycles. The number of aromatic nitrogens is 1. The van der Waals surface area contributed by atoms with Crippen molar-refractivity contribution in [1.82, 2.24) is 20.1 Å². The summed E-state index contributed by atoms with van der Waals surface area (Å²) in [5, 5.41) is 16.6. The summed E-state index contributed by atoms with van der Waals surface area (Å²) in [6, 6.07) is 2.52. The second-order valence-corrected chi connectivity index (χ2v) is 5.62. The summed E-state index contributed by atoms with van der Waals surface area (Å²) in [5.74, 6) is -0.162. The van der Waals surface area contributed by atoms with Crippen LogP contribution in [0.5, 0.6) is 0 Å². The van der Waals surface area contributed by atoms with Gasteiger partial charge in [-0.25, -0.2) is 4.79 Å². The van der Waals surface area contributed by atoms with E-state index in [2.05, 4.69) is 10.6 Å². The van der Waals surface area contributed by atoms with Gasteiger partial charge in [-0.2, -0.15) is 0 Å². The highest BCUT2D eigenvalue weighted by Gasteiger charge is 2.63. The number of aliphatic hydroxyl groups is 1. The Kier molecular flexibility index (Phi) is 2.09. The van der Waals surface area contributed by atoms with Crippen LogP contribution in [-0.4, -0.2) is 50.9 Å². The molecule has 4 unspecified atom stereocenters. The minimum absolute atomic E-state index is 0.0395. The molecule has 3 N–H and O–H groups in total. The fraction of sp³-hybridized carbons (Fsp3) is 0.538. The highest BCUT2D eigenvalue weighted by atomic mass is 16.3. The van der Waals surface area contributed by atoms with E-state index < -0.39 is 11.8 Å². The van der Waals surface area contributed by atoms with E-state index in [1.54, 1.807) is 6.07 Å². The highest BCUT2D eigenvalue weighted by molar-refractivity contribution is 5.94. The van der Waals surface area contributed by atoms with Crippen LogP contribution in [0.15, 0.2) is 18.3 Å². The number of nitrogens with one attached hydrogen (secondary N) is 2. The van der Waals surface area contributed by atoms with Gasteiger partial charge in [0, 0.05) is 19.2 Å². The van der Waals surface area contributed by atoms with Crippen LogP contribution in [0.2, 0.25) is 0 Å². The monoisotopic (exact) mass is 276 g/mol. The van der Waals surface area contributed by atoms with E-state index in [0.717, 1.165) is 0 Å². The number of nitrogens with zero attached hydrogens (tertiary/aromatic N) is 2. The smallest absolute Gasteiger partial charge is 0.320 e. The van der Waals surface area contributed by atoms with Gasteiger partial charge in [0.15, 0.2) is 5.72 Å². The molecule has 2 fully saturated rings. The maximum Gasteiger partial charge on any atom is 0.320 e. The molecule has 1 aromatic heterocycles. The number of hydrogen-bond acceptors (Lipinski definition) is 3. The SMILES string of the molecule is CCN1C(=O)NC2C3NC(=O)c4cccn4C3CC21O. The Balaban J connectivity index is 1.79. The van der Waals surface area contributed by atoms with E-state index in [9.17, 15) is 14.7 Å². The number of likely N-dealkylation sites (N-methyl/N-ethyl adjacent to an activating group) is 1. The van der Waals surface area contributed by atoms with Crippen molar-refractivity contribution in [3.63, 3.8) is 0 Å². The van der Waals surface area contributed by atoms with E-state index in [4.69, 9.17) is 0 Å². The van der Waals surface area contributed by atoms with Crippen molar-refractivity contribution in [1.29, 1.82) is 0 Å². The summed E-state index contributed by atoms with van der Waals surface area (Å²) >= 11 is 0. The predicted octanol–water partition coefficient (Wildman–Crippen LogP) is -0.353. The van der Waals surface area contributed by atoms with Gasteiger partial charge in [0.2, 0.25) is 0 Å². The molecule has 0 spiro atoms. The van der Waals surface area contributed by atoms with Gasteiger partial charge in [-0.05, 0) is 19.1 Å². The zero-order valence-electron chi connectivity index (χ0n) is 11.0. The normalized spacial score (nSPS) is 38.1. The molecule has 1 aliphatic carbocycles. The van der Waals surface area contributed by atoms with Gasteiger partial charge in [-0.1, -0.05) is 0 Å². The quantitative estimate of drug-likeness (QED) is 0.655. The highest BCUT2D eigenvalue weighted by Crippen LogP contribution is 2.45. The van der Waals surface area contributed by atoms with Crippen LogP contribution in [-0.2, 0) is 0 Å². The Labute approximate surface area is 115 Å². The Bertz CT molecular complexity index is 613. The molecular weight excluding hydrogens is 260 g/mol. The fourth-order valence-electron chi connectivity index (χ4n) is 3.91.